The van der Waals surface area contributed by atoms with Gasteiger partial charge in [-0.2, -0.15) is 0 Å². The fourth-order valence-electron chi connectivity index (χ4n) is 1.70. The number of hydrogen-bond donors (Lipinski definition) is 0. The van der Waals surface area contributed by atoms with Crippen LogP contribution in [0.25, 0.3) is 6.08 Å². The zero-order valence-corrected chi connectivity index (χ0v) is 13.1. The molecule has 0 saturated heterocycles. The third-order valence-corrected chi connectivity index (χ3v) is 3.32. The average Bonchev–Trinajstić information content (AvgIpc) is 2.52. The summed E-state index contributed by atoms with van der Waals surface area (Å²) in [7, 11) is 0. The molecule has 0 amide bonds. The van der Waals surface area contributed by atoms with E-state index in [0.29, 0.717) is 11.3 Å². The van der Waals surface area contributed by atoms with Gasteiger partial charge in [0.05, 0.1) is 5.97 Å². The zero-order chi connectivity index (χ0) is 15.9. The first-order valence-corrected chi connectivity index (χ1v) is 7.24. The van der Waals surface area contributed by atoms with Crippen molar-refractivity contribution in [2.75, 3.05) is 6.61 Å². The Bertz CT molecular complexity index is 688. The number of ether oxygens (including phenoxy) is 1. The van der Waals surface area contributed by atoms with E-state index in [0.717, 1.165) is 10.0 Å². The Kier molecular flexibility index (Phi) is 5.49. The van der Waals surface area contributed by atoms with Gasteiger partial charge in [0, 0.05) is 10.0 Å². The molecule has 0 aliphatic heterocycles. The minimum absolute atomic E-state index is 0.0928. The maximum Gasteiger partial charge on any atom is 0.185 e. The molecule has 0 heterocycles. The monoisotopic (exact) mass is 359 g/mol. The Hall–Kier alpha value is -2.40. The molecule has 0 fully saturated rings. The third-order valence-electron chi connectivity index (χ3n) is 2.79. The molecule has 2 aromatic rings. The van der Waals surface area contributed by atoms with Crippen molar-refractivity contribution in [2.45, 2.75) is 0 Å². The van der Waals surface area contributed by atoms with E-state index >= 15 is 0 Å². The lowest BCUT2D eigenvalue weighted by Gasteiger charge is -2.06. The first kappa shape index (κ1) is 16.0. The van der Waals surface area contributed by atoms with Crippen LogP contribution in [0.1, 0.15) is 15.9 Å². The van der Waals surface area contributed by atoms with Gasteiger partial charge in [0.2, 0.25) is 0 Å². The van der Waals surface area contributed by atoms with Gasteiger partial charge in [-0.3, -0.25) is 4.79 Å². The van der Waals surface area contributed by atoms with Crippen LogP contribution >= 0.6 is 15.9 Å². The molecule has 2 rings (SSSR count). The van der Waals surface area contributed by atoms with E-state index in [1.54, 1.807) is 42.5 Å². The molecule has 0 unspecified atom stereocenters. The van der Waals surface area contributed by atoms with E-state index in [4.69, 9.17) is 4.74 Å². The van der Waals surface area contributed by atoms with Crippen LogP contribution in [0.2, 0.25) is 0 Å². The summed E-state index contributed by atoms with van der Waals surface area (Å²) in [4.78, 5) is 22.3. The average molecular weight is 360 g/mol. The summed E-state index contributed by atoms with van der Waals surface area (Å²) in [6, 6.07) is 13.8. The van der Waals surface area contributed by atoms with E-state index in [2.05, 4.69) is 15.9 Å². The number of aliphatic carboxylic acids is 1. The highest BCUT2D eigenvalue weighted by Crippen LogP contribution is 2.14. The Morgan fingerprint density at radius 2 is 1.68 bits per heavy atom. The quantitative estimate of drug-likeness (QED) is 0.586. The number of carbonyl (C=O) groups is 2. The van der Waals surface area contributed by atoms with Gasteiger partial charge in [0.25, 0.3) is 0 Å². The smallest absolute Gasteiger partial charge is 0.185 e. The van der Waals surface area contributed by atoms with Crippen molar-refractivity contribution in [1.82, 2.24) is 0 Å². The van der Waals surface area contributed by atoms with Crippen LogP contribution in [-0.2, 0) is 4.79 Å². The largest absolute Gasteiger partial charge is 0.546 e. The summed E-state index contributed by atoms with van der Waals surface area (Å²) in [6.45, 7) is -0.489. The summed E-state index contributed by atoms with van der Waals surface area (Å²) in [5.74, 6) is -0.936. The maximum atomic E-state index is 12.0. The number of benzene rings is 2. The Morgan fingerprint density at radius 3 is 2.27 bits per heavy atom. The van der Waals surface area contributed by atoms with E-state index in [1.807, 2.05) is 12.1 Å². The van der Waals surface area contributed by atoms with Gasteiger partial charge in [-0.15, -0.1) is 0 Å². The van der Waals surface area contributed by atoms with Gasteiger partial charge in [-0.05, 0) is 48.0 Å². The fraction of sp³-hybridized carbons (Fsp3) is 0.0588. The Labute approximate surface area is 136 Å². The molecule has 2 aromatic carbocycles. The van der Waals surface area contributed by atoms with Gasteiger partial charge < -0.3 is 14.6 Å². The maximum absolute atomic E-state index is 12.0. The Morgan fingerprint density at radius 1 is 1.05 bits per heavy atom. The molecule has 0 aromatic heterocycles. The molecule has 22 heavy (non-hydrogen) atoms. The van der Waals surface area contributed by atoms with Gasteiger partial charge >= 0.3 is 0 Å². The second-order valence-electron chi connectivity index (χ2n) is 4.43. The molecule has 0 bridgehead atoms. The van der Waals surface area contributed by atoms with E-state index in [9.17, 15) is 14.7 Å². The third kappa shape index (κ3) is 4.86. The SMILES string of the molecule is O=C([O-])COc1ccc(/C=C/C(=O)c2ccc(Br)cc2)cc1. The molecule has 0 atom stereocenters. The lowest BCUT2D eigenvalue weighted by molar-refractivity contribution is -0.307. The summed E-state index contributed by atoms with van der Waals surface area (Å²) in [5, 5.41) is 10.3. The second-order valence-corrected chi connectivity index (χ2v) is 5.35. The highest BCUT2D eigenvalue weighted by molar-refractivity contribution is 9.10. The van der Waals surface area contributed by atoms with E-state index < -0.39 is 12.6 Å². The summed E-state index contributed by atoms with van der Waals surface area (Å²) < 4.78 is 5.89. The van der Waals surface area contributed by atoms with Crippen molar-refractivity contribution < 1.29 is 19.4 Å². The number of carbonyl (C=O) groups excluding carboxylic acids is 2. The summed E-state index contributed by atoms with van der Waals surface area (Å²) in [6.07, 6.45) is 3.17. The normalized spacial score (nSPS) is 10.6. The molecule has 0 aliphatic carbocycles. The van der Waals surface area contributed by atoms with Gasteiger partial charge in [0.15, 0.2) is 5.78 Å². The van der Waals surface area contributed by atoms with Crippen LogP contribution in [-0.4, -0.2) is 18.4 Å². The number of rotatable bonds is 6. The molecule has 112 valence electrons. The number of halogens is 1. The lowest BCUT2D eigenvalue weighted by Crippen LogP contribution is -2.28. The first-order chi connectivity index (χ1) is 10.5. The highest BCUT2D eigenvalue weighted by atomic mass is 79.9. The number of hydrogen-bond acceptors (Lipinski definition) is 4. The van der Waals surface area contributed by atoms with Crippen molar-refractivity contribution in [3.63, 3.8) is 0 Å². The van der Waals surface area contributed by atoms with E-state index in [1.165, 1.54) is 6.08 Å². The molecule has 0 spiro atoms. The van der Waals surface area contributed by atoms with Crippen molar-refractivity contribution >= 4 is 33.8 Å². The van der Waals surface area contributed by atoms with Crippen molar-refractivity contribution in [2.24, 2.45) is 0 Å². The van der Waals surface area contributed by atoms with Crippen LogP contribution in [0.5, 0.6) is 5.75 Å². The van der Waals surface area contributed by atoms with Crippen molar-refractivity contribution in [1.29, 1.82) is 0 Å². The van der Waals surface area contributed by atoms with Crippen LogP contribution in [0.3, 0.4) is 0 Å². The van der Waals surface area contributed by atoms with E-state index in [-0.39, 0.29) is 5.78 Å². The fourth-order valence-corrected chi connectivity index (χ4v) is 1.96. The van der Waals surface area contributed by atoms with Gasteiger partial charge in [-0.1, -0.05) is 34.1 Å². The minimum Gasteiger partial charge on any atom is -0.546 e. The van der Waals surface area contributed by atoms with Crippen molar-refractivity contribution in [3.05, 3.63) is 70.2 Å². The molecule has 0 radical (unpaired) electrons. The predicted octanol–water partition coefficient (Wildman–Crippen LogP) is 2.47. The molecule has 5 heteroatoms. The zero-order valence-electron chi connectivity index (χ0n) is 11.5. The molecule has 0 N–H and O–H groups in total. The van der Waals surface area contributed by atoms with Crippen LogP contribution in [0.15, 0.2) is 59.1 Å². The molecule has 4 nitrogen and oxygen atoms in total. The van der Waals surface area contributed by atoms with Gasteiger partial charge in [-0.25, -0.2) is 0 Å². The first-order valence-electron chi connectivity index (χ1n) is 6.45. The number of carboxylic acids is 1. The second kappa shape index (κ2) is 7.56. The number of carboxylic acid groups (broad SMARTS) is 1. The van der Waals surface area contributed by atoms with Gasteiger partial charge in [0.1, 0.15) is 12.4 Å². The summed E-state index contributed by atoms with van der Waals surface area (Å²) in [5.41, 5.74) is 1.42. The number of ketones is 1. The molecule has 0 aliphatic rings. The van der Waals surface area contributed by atoms with Crippen LogP contribution in [0.4, 0.5) is 0 Å². The summed E-state index contributed by atoms with van der Waals surface area (Å²) >= 11 is 3.32. The standard InChI is InChI=1S/C17H13BrO4/c18-14-6-4-13(5-7-14)16(19)10-3-12-1-8-15(9-2-12)22-11-17(20)21/h1-10H,11H2,(H,20,21)/p-1/b10-3+. The molecule has 0 saturated carbocycles. The van der Waals surface area contributed by atoms with Crippen LogP contribution in [0, 0.1) is 0 Å². The highest BCUT2D eigenvalue weighted by Gasteiger charge is 2.01. The predicted molar refractivity (Wildman–Crippen MR) is 84.5 cm³/mol. The minimum atomic E-state index is -1.27. The topological polar surface area (TPSA) is 66.4 Å². The number of allylic oxidation sites excluding steroid dienone is 1. The Balaban J connectivity index is 1.99. The molecular formula is C17H12BrO4-. The van der Waals surface area contributed by atoms with Crippen molar-refractivity contribution in [3.8, 4) is 5.75 Å². The lowest BCUT2D eigenvalue weighted by atomic mass is 10.1. The van der Waals surface area contributed by atoms with Crippen LogP contribution < -0.4 is 9.84 Å². The molecular weight excluding hydrogens is 348 g/mol.